The van der Waals surface area contributed by atoms with Gasteiger partial charge in [-0.3, -0.25) is 0 Å². The molecule has 0 radical (unpaired) electrons. The van der Waals surface area contributed by atoms with E-state index in [1.165, 1.54) is 17.5 Å². The van der Waals surface area contributed by atoms with Gasteiger partial charge in [-0.25, -0.2) is 0 Å². The van der Waals surface area contributed by atoms with Crippen LogP contribution in [-0.4, -0.2) is 0 Å². The van der Waals surface area contributed by atoms with Crippen molar-refractivity contribution in [3.05, 3.63) is 63.6 Å². The Hall–Kier alpha value is -1.79. The first kappa shape index (κ1) is 13.2. The Morgan fingerprint density at radius 1 is 1.15 bits per heavy atom. The molecule has 0 amide bonds. The fourth-order valence-electron chi connectivity index (χ4n) is 2.85. The molecule has 1 N–H and O–H groups in total. The van der Waals surface area contributed by atoms with Crippen LogP contribution < -0.4 is 5.32 Å². The van der Waals surface area contributed by atoms with Gasteiger partial charge in [-0.15, -0.1) is 0 Å². The summed E-state index contributed by atoms with van der Waals surface area (Å²) in [6, 6.07) is 17.0. The molecule has 1 aliphatic rings. The molecule has 2 nitrogen and oxygen atoms in total. The van der Waals surface area contributed by atoms with Crippen LogP contribution in [0.15, 0.2) is 46.9 Å². The summed E-state index contributed by atoms with van der Waals surface area (Å²) in [6.45, 7) is 0. The van der Waals surface area contributed by atoms with Crippen LogP contribution in [0, 0.1) is 11.3 Å². The van der Waals surface area contributed by atoms with E-state index in [2.05, 4.69) is 51.6 Å². The van der Waals surface area contributed by atoms with Gasteiger partial charge in [0.05, 0.1) is 17.3 Å². The van der Waals surface area contributed by atoms with Crippen molar-refractivity contribution in [2.75, 3.05) is 5.32 Å². The summed E-state index contributed by atoms with van der Waals surface area (Å²) in [5, 5.41) is 12.8. The summed E-state index contributed by atoms with van der Waals surface area (Å²) in [7, 11) is 0. The Balaban J connectivity index is 1.94. The molecule has 0 aromatic heterocycles. The Morgan fingerprint density at radius 3 is 2.85 bits per heavy atom. The first-order valence-corrected chi connectivity index (χ1v) is 7.62. The molecule has 0 bridgehead atoms. The van der Waals surface area contributed by atoms with Crippen molar-refractivity contribution in [3.63, 3.8) is 0 Å². The minimum Gasteiger partial charge on any atom is -0.377 e. The molecule has 20 heavy (non-hydrogen) atoms. The van der Waals surface area contributed by atoms with Gasteiger partial charge in [0.1, 0.15) is 6.07 Å². The molecule has 3 rings (SSSR count). The lowest BCUT2D eigenvalue weighted by Crippen LogP contribution is -2.17. The number of nitrogens with zero attached hydrogens (tertiary/aromatic N) is 1. The van der Waals surface area contributed by atoms with Gasteiger partial charge >= 0.3 is 0 Å². The highest BCUT2D eigenvalue weighted by Crippen LogP contribution is 2.34. The number of halogens is 1. The first-order valence-electron chi connectivity index (χ1n) is 6.82. The summed E-state index contributed by atoms with van der Waals surface area (Å²) in [6.07, 6.45) is 3.44. The Kier molecular flexibility index (Phi) is 3.75. The summed E-state index contributed by atoms with van der Waals surface area (Å²) in [4.78, 5) is 0. The monoisotopic (exact) mass is 326 g/mol. The summed E-state index contributed by atoms with van der Waals surface area (Å²) in [5.74, 6) is 0. The quantitative estimate of drug-likeness (QED) is 0.859. The van der Waals surface area contributed by atoms with Crippen molar-refractivity contribution < 1.29 is 0 Å². The molecule has 100 valence electrons. The predicted octanol–water partition coefficient (Wildman–Crippen LogP) is 4.81. The lowest BCUT2D eigenvalue weighted by molar-refractivity contribution is 0.600. The fourth-order valence-corrected chi connectivity index (χ4v) is 3.30. The normalized spacial score (nSPS) is 17.1. The molecule has 3 heteroatoms. The van der Waals surface area contributed by atoms with Crippen LogP contribution >= 0.6 is 15.9 Å². The van der Waals surface area contributed by atoms with Gasteiger partial charge in [-0.05, 0) is 58.5 Å². The number of hydrogen-bond donors (Lipinski definition) is 1. The van der Waals surface area contributed by atoms with Crippen LogP contribution in [0.25, 0.3) is 0 Å². The third kappa shape index (κ3) is 2.44. The van der Waals surface area contributed by atoms with Gasteiger partial charge in [-0.2, -0.15) is 5.26 Å². The Morgan fingerprint density at radius 2 is 2.00 bits per heavy atom. The van der Waals surface area contributed by atoms with E-state index < -0.39 is 0 Å². The minimum atomic E-state index is 0.293. The van der Waals surface area contributed by atoms with E-state index >= 15 is 0 Å². The van der Waals surface area contributed by atoms with Crippen LogP contribution in [0.3, 0.4) is 0 Å². The largest absolute Gasteiger partial charge is 0.377 e. The lowest BCUT2D eigenvalue weighted by Gasteiger charge is -2.27. The number of nitrogens with one attached hydrogen (secondary N) is 1. The van der Waals surface area contributed by atoms with Gasteiger partial charge in [0, 0.05) is 4.47 Å². The zero-order valence-corrected chi connectivity index (χ0v) is 12.7. The van der Waals surface area contributed by atoms with Crippen molar-refractivity contribution in [1.29, 1.82) is 5.26 Å². The topological polar surface area (TPSA) is 35.8 Å². The highest BCUT2D eigenvalue weighted by molar-refractivity contribution is 9.10. The van der Waals surface area contributed by atoms with Gasteiger partial charge in [0.2, 0.25) is 0 Å². The van der Waals surface area contributed by atoms with Gasteiger partial charge in [-0.1, -0.05) is 30.3 Å². The number of hydrogen-bond acceptors (Lipinski definition) is 2. The van der Waals surface area contributed by atoms with E-state index in [0.29, 0.717) is 11.6 Å². The molecule has 1 aliphatic carbocycles. The fraction of sp³-hybridized carbons (Fsp3) is 0.235. The summed E-state index contributed by atoms with van der Waals surface area (Å²) >= 11 is 3.44. The molecule has 2 aromatic rings. The van der Waals surface area contributed by atoms with Crippen LogP contribution in [0.4, 0.5) is 5.69 Å². The highest BCUT2D eigenvalue weighted by atomic mass is 79.9. The van der Waals surface area contributed by atoms with E-state index in [9.17, 15) is 5.26 Å². The van der Waals surface area contributed by atoms with Crippen molar-refractivity contribution in [2.24, 2.45) is 0 Å². The molecule has 1 atom stereocenters. The number of rotatable bonds is 2. The molecular formula is C17H15BrN2. The van der Waals surface area contributed by atoms with E-state index in [-0.39, 0.29) is 0 Å². The third-order valence-corrected chi connectivity index (χ3v) is 4.49. The molecule has 0 saturated carbocycles. The molecule has 0 saturated heterocycles. The second-order valence-corrected chi connectivity index (χ2v) is 5.92. The van der Waals surface area contributed by atoms with E-state index in [1.54, 1.807) is 0 Å². The summed E-state index contributed by atoms with van der Waals surface area (Å²) in [5.41, 5.74) is 4.37. The van der Waals surface area contributed by atoms with Crippen molar-refractivity contribution >= 4 is 21.6 Å². The van der Waals surface area contributed by atoms with Crippen molar-refractivity contribution in [2.45, 2.75) is 25.3 Å². The molecule has 0 heterocycles. The third-order valence-electron chi connectivity index (χ3n) is 3.82. The molecule has 2 aromatic carbocycles. The van der Waals surface area contributed by atoms with Crippen LogP contribution in [-0.2, 0) is 6.42 Å². The zero-order chi connectivity index (χ0) is 13.9. The van der Waals surface area contributed by atoms with Crippen LogP contribution in [0.2, 0.25) is 0 Å². The van der Waals surface area contributed by atoms with Gasteiger partial charge in [0.25, 0.3) is 0 Å². The maximum Gasteiger partial charge on any atom is 0.103 e. The molecule has 0 fully saturated rings. The molecule has 0 aliphatic heterocycles. The smallest absolute Gasteiger partial charge is 0.103 e. The van der Waals surface area contributed by atoms with E-state index in [1.807, 2.05) is 18.2 Å². The maximum atomic E-state index is 9.30. The number of fused-ring (bicyclic) bond motifs is 1. The van der Waals surface area contributed by atoms with Crippen LogP contribution in [0.1, 0.15) is 35.6 Å². The van der Waals surface area contributed by atoms with Crippen molar-refractivity contribution in [1.82, 2.24) is 0 Å². The standard InChI is InChI=1S/C17H15BrN2/c18-15-8-4-10-17(14(15)11-19)20-16-9-3-6-12-5-1-2-7-13(12)16/h1-2,4-5,7-8,10,16,20H,3,6,9H2. The number of anilines is 1. The molecule has 1 unspecified atom stereocenters. The van der Waals surface area contributed by atoms with E-state index in [4.69, 9.17) is 0 Å². The Labute approximate surface area is 127 Å². The molecule has 0 spiro atoms. The second kappa shape index (κ2) is 5.68. The van der Waals surface area contributed by atoms with Crippen LogP contribution in [0.5, 0.6) is 0 Å². The first-order chi connectivity index (χ1) is 9.79. The van der Waals surface area contributed by atoms with Gasteiger partial charge < -0.3 is 5.32 Å². The second-order valence-electron chi connectivity index (χ2n) is 5.06. The number of nitriles is 1. The average molecular weight is 327 g/mol. The predicted molar refractivity (Wildman–Crippen MR) is 84.6 cm³/mol. The molecular weight excluding hydrogens is 312 g/mol. The average Bonchev–Trinajstić information content (AvgIpc) is 2.48. The number of aryl methyl sites for hydroxylation is 1. The highest BCUT2D eigenvalue weighted by Gasteiger charge is 2.20. The van der Waals surface area contributed by atoms with E-state index in [0.717, 1.165) is 23.0 Å². The lowest BCUT2D eigenvalue weighted by atomic mass is 9.87. The maximum absolute atomic E-state index is 9.30. The van der Waals surface area contributed by atoms with Crippen molar-refractivity contribution in [3.8, 4) is 6.07 Å². The SMILES string of the molecule is N#Cc1c(Br)cccc1NC1CCCc2ccccc21. The minimum absolute atomic E-state index is 0.293. The number of benzene rings is 2. The Bertz CT molecular complexity index is 673. The summed E-state index contributed by atoms with van der Waals surface area (Å²) < 4.78 is 0.842. The van der Waals surface area contributed by atoms with Gasteiger partial charge in [0.15, 0.2) is 0 Å². The zero-order valence-electron chi connectivity index (χ0n) is 11.1.